The molecular weight excluding hydrogens is 402 g/mol. The summed E-state index contributed by atoms with van der Waals surface area (Å²) >= 11 is 0. The predicted octanol–water partition coefficient (Wildman–Crippen LogP) is 4.92. The number of methoxy groups -OCH3 is 1. The fraction of sp³-hybridized carbons (Fsp3) is 0.231. The van der Waals surface area contributed by atoms with Crippen LogP contribution in [0.25, 0.3) is 0 Å². The summed E-state index contributed by atoms with van der Waals surface area (Å²) in [5, 5.41) is 5.73. The van der Waals surface area contributed by atoms with Crippen molar-refractivity contribution < 1.29 is 14.3 Å². The Kier molecular flexibility index (Phi) is 6.12. The number of anilines is 2. The Bertz CT molecular complexity index is 1140. The molecule has 6 nitrogen and oxygen atoms in total. The van der Waals surface area contributed by atoms with E-state index in [0.29, 0.717) is 23.5 Å². The van der Waals surface area contributed by atoms with Crippen LogP contribution in [0.4, 0.5) is 16.2 Å². The van der Waals surface area contributed by atoms with Gasteiger partial charge in [-0.25, -0.2) is 4.79 Å². The van der Waals surface area contributed by atoms with Crippen LogP contribution < -0.4 is 20.3 Å². The van der Waals surface area contributed by atoms with Crippen molar-refractivity contribution in [3.05, 3.63) is 89.0 Å². The van der Waals surface area contributed by atoms with Crippen LogP contribution in [-0.2, 0) is 13.0 Å². The standard InChI is InChI=1S/C26H27N3O3/c1-17-9-12-24(32-3)22(13-17)28-26(31)27-16-19-10-11-21-14-18(2)29(23(21)15-19)25(30)20-7-5-4-6-8-20/h4-13,15,18H,14,16H2,1-3H3,(H2,27,28,31). The lowest BCUT2D eigenvalue weighted by Gasteiger charge is -2.23. The molecule has 4 rings (SSSR count). The number of aryl methyl sites for hydroxylation is 1. The van der Waals surface area contributed by atoms with E-state index in [1.54, 1.807) is 7.11 Å². The highest BCUT2D eigenvalue weighted by molar-refractivity contribution is 6.07. The lowest BCUT2D eigenvalue weighted by molar-refractivity contribution is 0.0981. The van der Waals surface area contributed by atoms with Gasteiger partial charge in [0, 0.05) is 23.8 Å². The second kappa shape index (κ2) is 9.14. The maximum atomic E-state index is 13.1. The highest BCUT2D eigenvalue weighted by Gasteiger charge is 2.31. The van der Waals surface area contributed by atoms with Gasteiger partial charge in [-0.1, -0.05) is 36.4 Å². The number of hydrogen-bond donors (Lipinski definition) is 2. The average molecular weight is 430 g/mol. The number of ether oxygens (including phenoxy) is 1. The maximum Gasteiger partial charge on any atom is 0.319 e. The Morgan fingerprint density at radius 3 is 2.59 bits per heavy atom. The highest BCUT2D eigenvalue weighted by atomic mass is 16.5. The molecule has 6 heteroatoms. The van der Waals surface area contributed by atoms with Crippen molar-refractivity contribution in [1.82, 2.24) is 5.32 Å². The molecule has 0 aliphatic carbocycles. The molecule has 3 aromatic rings. The number of fused-ring (bicyclic) bond motifs is 1. The van der Waals surface area contributed by atoms with Crippen molar-refractivity contribution in [1.29, 1.82) is 0 Å². The largest absolute Gasteiger partial charge is 0.495 e. The van der Waals surface area contributed by atoms with Gasteiger partial charge in [0.05, 0.1) is 12.8 Å². The molecule has 1 aliphatic heterocycles. The number of nitrogens with zero attached hydrogens (tertiary/aromatic N) is 1. The van der Waals surface area contributed by atoms with Crippen LogP contribution in [0.2, 0.25) is 0 Å². The smallest absolute Gasteiger partial charge is 0.319 e. The Morgan fingerprint density at radius 2 is 1.84 bits per heavy atom. The van der Waals surface area contributed by atoms with Gasteiger partial charge in [0.15, 0.2) is 0 Å². The SMILES string of the molecule is COc1ccc(C)cc1NC(=O)NCc1ccc2c(c1)N(C(=O)c1ccccc1)C(C)C2. The first kappa shape index (κ1) is 21.4. The summed E-state index contributed by atoms with van der Waals surface area (Å²) in [5.74, 6) is 0.596. The molecule has 0 fully saturated rings. The molecule has 0 bridgehead atoms. The zero-order valence-electron chi connectivity index (χ0n) is 18.5. The minimum atomic E-state index is -0.319. The van der Waals surface area contributed by atoms with Crippen LogP contribution in [0.5, 0.6) is 5.75 Å². The van der Waals surface area contributed by atoms with Gasteiger partial charge in [-0.3, -0.25) is 4.79 Å². The summed E-state index contributed by atoms with van der Waals surface area (Å²) < 4.78 is 5.32. The van der Waals surface area contributed by atoms with E-state index in [-0.39, 0.29) is 18.0 Å². The summed E-state index contributed by atoms with van der Waals surface area (Å²) in [5.41, 5.74) is 5.28. The summed E-state index contributed by atoms with van der Waals surface area (Å²) in [7, 11) is 1.57. The Hall–Kier alpha value is -3.80. The number of benzene rings is 3. The van der Waals surface area contributed by atoms with E-state index < -0.39 is 0 Å². The monoisotopic (exact) mass is 429 g/mol. The Morgan fingerprint density at radius 1 is 1.06 bits per heavy atom. The molecule has 1 atom stereocenters. The number of nitrogens with one attached hydrogen (secondary N) is 2. The molecule has 3 amide bonds. The fourth-order valence-corrected chi connectivity index (χ4v) is 4.06. The van der Waals surface area contributed by atoms with Crippen molar-refractivity contribution in [3.8, 4) is 5.75 Å². The first-order valence-corrected chi connectivity index (χ1v) is 10.7. The third kappa shape index (κ3) is 4.44. The molecule has 0 saturated heterocycles. The number of carbonyl (C=O) groups excluding carboxylic acids is 2. The summed E-state index contributed by atoms with van der Waals surface area (Å²) in [6, 6.07) is 20.7. The van der Waals surface area contributed by atoms with Gasteiger partial charge in [-0.15, -0.1) is 0 Å². The molecule has 0 saturated carbocycles. The Balaban J connectivity index is 1.47. The van der Waals surface area contributed by atoms with Gasteiger partial charge in [0.25, 0.3) is 5.91 Å². The zero-order valence-corrected chi connectivity index (χ0v) is 18.5. The fourth-order valence-electron chi connectivity index (χ4n) is 4.06. The van der Waals surface area contributed by atoms with Crippen LogP contribution in [-0.4, -0.2) is 25.1 Å². The maximum absolute atomic E-state index is 13.1. The number of urea groups is 1. The third-order valence-electron chi connectivity index (χ3n) is 5.66. The van der Waals surface area contributed by atoms with E-state index in [9.17, 15) is 9.59 Å². The van der Waals surface area contributed by atoms with Crippen LogP contribution in [0.15, 0.2) is 66.7 Å². The molecule has 164 valence electrons. The second-order valence-corrected chi connectivity index (χ2v) is 8.07. The highest BCUT2D eigenvalue weighted by Crippen LogP contribution is 2.34. The van der Waals surface area contributed by atoms with Gasteiger partial charge in [0.1, 0.15) is 5.75 Å². The van der Waals surface area contributed by atoms with Gasteiger partial charge in [-0.05, 0) is 67.3 Å². The second-order valence-electron chi connectivity index (χ2n) is 8.07. The normalized spacial score (nSPS) is 14.6. The molecule has 0 aromatic heterocycles. The van der Waals surface area contributed by atoms with E-state index in [0.717, 1.165) is 28.8 Å². The van der Waals surface area contributed by atoms with Crippen LogP contribution in [0, 0.1) is 6.92 Å². The molecule has 1 unspecified atom stereocenters. The quantitative estimate of drug-likeness (QED) is 0.605. The van der Waals surface area contributed by atoms with Gasteiger partial charge in [-0.2, -0.15) is 0 Å². The first-order valence-electron chi connectivity index (χ1n) is 10.7. The average Bonchev–Trinajstić information content (AvgIpc) is 3.13. The number of amides is 3. The van der Waals surface area contributed by atoms with Crippen LogP contribution >= 0.6 is 0 Å². The molecule has 1 aliphatic rings. The molecule has 2 N–H and O–H groups in total. The number of hydrogen-bond acceptors (Lipinski definition) is 3. The molecular formula is C26H27N3O3. The zero-order chi connectivity index (χ0) is 22.7. The van der Waals surface area contributed by atoms with Crippen molar-refractivity contribution in [3.63, 3.8) is 0 Å². The van der Waals surface area contributed by atoms with Crippen LogP contribution in [0.3, 0.4) is 0 Å². The first-order chi connectivity index (χ1) is 15.5. The van der Waals surface area contributed by atoms with E-state index in [2.05, 4.69) is 17.6 Å². The van der Waals surface area contributed by atoms with E-state index in [4.69, 9.17) is 4.74 Å². The number of carbonyl (C=O) groups is 2. The molecule has 0 spiro atoms. The van der Waals surface area contributed by atoms with Gasteiger partial charge in [0.2, 0.25) is 0 Å². The molecule has 3 aromatic carbocycles. The van der Waals surface area contributed by atoms with Crippen molar-refractivity contribution in [2.75, 3.05) is 17.3 Å². The van der Waals surface area contributed by atoms with Crippen molar-refractivity contribution >= 4 is 23.3 Å². The lowest BCUT2D eigenvalue weighted by atomic mass is 10.1. The topological polar surface area (TPSA) is 70.7 Å². The molecule has 32 heavy (non-hydrogen) atoms. The van der Waals surface area contributed by atoms with E-state index in [1.165, 1.54) is 0 Å². The van der Waals surface area contributed by atoms with E-state index in [1.807, 2.05) is 78.6 Å². The van der Waals surface area contributed by atoms with Crippen molar-refractivity contribution in [2.45, 2.75) is 32.9 Å². The molecule has 1 heterocycles. The van der Waals surface area contributed by atoms with Gasteiger partial charge < -0.3 is 20.3 Å². The van der Waals surface area contributed by atoms with Gasteiger partial charge >= 0.3 is 6.03 Å². The minimum Gasteiger partial charge on any atom is -0.495 e. The summed E-state index contributed by atoms with van der Waals surface area (Å²) in [6.07, 6.45) is 0.815. The summed E-state index contributed by atoms with van der Waals surface area (Å²) in [6.45, 7) is 4.35. The number of rotatable bonds is 5. The minimum absolute atomic E-state index is 0.00811. The summed E-state index contributed by atoms with van der Waals surface area (Å²) in [4.78, 5) is 27.4. The Labute approximate surface area is 188 Å². The third-order valence-corrected chi connectivity index (χ3v) is 5.66. The molecule has 0 radical (unpaired) electrons. The van der Waals surface area contributed by atoms with E-state index >= 15 is 0 Å². The predicted molar refractivity (Wildman–Crippen MR) is 126 cm³/mol. The van der Waals surface area contributed by atoms with Crippen LogP contribution in [0.1, 0.15) is 34.0 Å². The lowest BCUT2D eigenvalue weighted by Crippen LogP contribution is -2.35. The van der Waals surface area contributed by atoms with Crippen molar-refractivity contribution in [2.24, 2.45) is 0 Å².